The molecule has 3 N–H and O–H groups in total. The summed E-state index contributed by atoms with van der Waals surface area (Å²) in [5.41, 5.74) is -0.00231. The van der Waals surface area contributed by atoms with Crippen LogP contribution in [0.15, 0.2) is 17.7 Å². The SMILES string of the molecule is CC(C)(C)O.CC(C)(C)O.CC(C)(C)O.[C-]1=C(C2CCCC2)C=CC1.[Zr]. The Morgan fingerprint density at radius 1 is 0.769 bits per heavy atom. The van der Waals surface area contributed by atoms with Gasteiger partial charge in [-0.05, 0) is 81.1 Å². The van der Waals surface area contributed by atoms with Crippen LogP contribution in [0.4, 0.5) is 0 Å². The number of rotatable bonds is 1. The number of allylic oxidation sites excluding steroid dienone is 4. The molecule has 0 radical (unpaired) electrons. The molecule has 0 amide bonds. The summed E-state index contributed by atoms with van der Waals surface area (Å²) in [4.78, 5) is 0. The van der Waals surface area contributed by atoms with E-state index in [1.165, 1.54) is 31.3 Å². The summed E-state index contributed by atoms with van der Waals surface area (Å²) in [7, 11) is 0. The first-order valence-electron chi connectivity index (χ1n) is 9.41. The van der Waals surface area contributed by atoms with Gasteiger partial charge in [0.25, 0.3) is 0 Å². The minimum Gasteiger partial charge on any atom is -0.391 e. The van der Waals surface area contributed by atoms with Crippen molar-refractivity contribution in [1.82, 2.24) is 0 Å². The molecule has 1 saturated carbocycles. The molecule has 154 valence electrons. The van der Waals surface area contributed by atoms with Crippen LogP contribution >= 0.6 is 0 Å². The molecular formula is C22H43O3Zr-. The van der Waals surface area contributed by atoms with Gasteiger partial charge in [0.2, 0.25) is 0 Å². The molecule has 0 bridgehead atoms. The molecule has 0 unspecified atom stereocenters. The predicted octanol–water partition coefficient (Wildman–Crippen LogP) is 5.20. The molecule has 0 aromatic carbocycles. The second-order valence-corrected chi connectivity index (χ2v) is 9.73. The molecule has 0 spiro atoms. The van der Waals surface area contributed by atoms with Gasteiger partial charge in [-0.15, -0.1) is 6.42 Å². The molecule has 0 heterocycles. The van der Waals surface area contributed by atoms with E-state index in [9.17, 15) is 0 Å². The van der Waals surface area contributed by atoms with Crippen molar-refractivity contribution in [3.05, 3.63) is 23.8 Å². The fourth-order valence-corrected chi connectivity index (χ4v) is 1.94. The third kappa shape index (κ3) is 39.4. The van der Waals surface area contributed by atoms with Gasteiger partial charge in [-0.2, -0.15) is 6.08 Å². The minimum atomic E-state index is -0.500. The Balaban J connectivity index is -0.000000290. The summed E-state index contributed by atoms with van der Waals surface area (Å²) in [6.07, 6.45) is 14.6. The zero-order valence-corrected chi connectivity index (χ0v) is 21.1. The fraction of sp³-hybridized carbons (Fsp3) is 0.818. The monoisotopic (exact) mass is 445 g/mol. The molecule has 0 aliphatic heterocycles. The Labute approximate surface area is 182 Å². The maximum Gasteiger partial charge on any atom is 0.0563 e. The fourth-order valence-electron chi connectivity index (χ4n) is 1.94. The minimum absolute atomic E-state index is 0. The van der Waals surface area contributed by atoms with E-state index in [1.54, 1.807) is 62.3 Å². The van der Waals surface area contributed by atoms with Crippen LogP contribution in [0, 0.1) is 12.0 Å². The van der Waals surface area contributed by atoms with Crippen LogP contribution in [-0.4, -0.2) is 32.1 Å². The molecular weight excluding hydrogens is 403 g/mol. The maximum atomic E-state index is 8.52. The molecule has 0 aromatic heterocycles. The number of aliphatic hydroxyl groups is 3. The summed E-state index contributed by atoms with van der Waals surface area (Å²) in [5.74, 6) is 0.874. The average molecular weight is 447 g/mol. The first-order chi connectivity index (χ1) is 11.0. The van der Waals surface area contributed by atoms with Gasteiger partial charge in [-0.3, -0.25) is 6.08 Å². The van der Waals surface area contributed by atoms with Gasteiger partial charge in [0.05, 0.1) is 16.8 Å². The van der Waals surface area contributed by atoms with Gasteiger partial charge in [0, 0.05) is 26.2 Å². The normalized spacial score (nSPS) is 16.8. The third-order valence-corrected chi connectivity index (χ3v) is 2.52. The topological polar surface area (TPSA) is 60.7 Å². The average Bonchev–Trinajstić information content (AvgIpc) is 2.95. The Bertz CT molecular complexity index is 341. The van der Waals surface area contributed by atoms with E-state index in [2.05, 4.69) is 18.2 Å². The van der Waals surface area contributed by atoms with Gasteiger partial charge in [0.15, 0.2) is 0 Å². The van der Waals surface area contributed by atoms with E-state index in [0.29, 0.717) is 0 Å². The largest absolute Gasteiger partial charge is 0.391 e. The second kappa shape index (κ2) is 14.3. The van der Waals surface area contributed by atoms with Crippen LogP contribution in [-0.2, 0) is 26.2 Å². The van der Waals surface area contributed by atoms with E-state index in [0.717, 1.165) is 12.3 Å². The summed E-state index contributed by atoms with van der Waals surface area (Å²) < 4.78 is 0. The molecule has 0 atom stereocenters. The standard InChI is InChI=1S/C10H13.3C4H10O.Zr/c1-2-6-9(5-1)10-7-3-4-8-10;3*1-4(2,3)5;/h1,5,10H,2-4,7-8H2;3*5H,1-3H3;/q-1;;;;. The second-order valence-electron chi connectivity index (χ2n) is 9.73. The molecule has 0 aromatic rings. The van der Waals surface area contributed by atoms with Crippen molar-refractivity contribution in [2.45, 2.75) is 111 Å². The maximum absolute atomic E-state index is 8.52. The van der Waals surface area contributed by atoms with Crippen LogP contribution in [0.3, 0.4) is 0 Å². The third-order valence-electron chi connectivity index (χ3n) is 2.52. The van der Waals surface area contributed by atoms with E-state index >= 15 is 0 Å². The van der Waals surface area contributed by atoms with Crippen LogP contribution in [0.2, 0.25) is 0 Å². The molecule has 1 fully saturated rings. The number of hydrogen-bond acceptors (Lipinski definition) is 3. The van der Waals surface area contributed by atoms with Crippen molar-refractivity contribution in [3.63, 3.8) is 0 Å². The van der Waals surface area contributed by atoms with E-state index < -0.39 is 16.8 Å². The molecule has 0 saturated heterocycles. The zero-order valence-electron chi connectivity index (χ0n) is 18.6. The Morgan fingerprint density at radius 3 is 1.31 bits per heavy atom. The van der Waals surface area contributed by atoms with Crippen molar-refractivity contribution < 1.29 is 41.5 Å². The Hall–Kier alpha value is 0.243. The quantitative estimate of drug-likeness (QED) is 0.485. The molecule has 2 rings (SSSR count). The summed E-state index contributed by atoms with van der Waals surface area (Å²) in [6.45, 7) is 15.7. The first-order valence-corrected chi connectivity index (χ1v) is 9.41. The van der Waals surface area contributed by atoms with Gasteiger partial charge in [-0.1, -0.05) is 12.8 Å². The van der Waals surface area contributed by atoms with Crippen LogP contribution < -0.4 is 0 Å². The van der Waals surface area contributed by atoms with Crippen molar-refractivity contribution in [3.8, 4) is 0 Å². The summed E-state index contributed by atoms with van der Waals surface area (Å²) in [5, 5.41) is 25.6. The van der Waals surface area contributed by atoms with Crippen LogP contribution in [0.1, 0.15) is 94.4 Å². The molecule has 2 aliphatic carbocycles. The molecule has 3 nitrogen and oxygen atoms in total. The van der Waals surface area contributed by atoms with E-state index in [4.69, 9.17) is 15.3 Å². The first kappa shape index (κ1) is 31.0. The Kier molecular flexibility index (Phi) is 17.0. The summed E-state index contributed by atoms with van der Waals surface area (Å²) in [6, 6.07) is 0. The van der Waals surface area contributed by atoms with Crippen LogP contribution in [0.5, 0.6) is 0 Å². The number of hydrogen-bond donors (Lipinski definition) is 3. The van der Waals surface area contributed by atoms with Crippen molar-refractivity contribution in [2.24, 2.45) is 5.92 Å². The molecule has 26 heavy (non-hydrogen) atoms. The predicted molar refractivity (Wildman–Crippen MR) is 108 cm³/mol. The molecule has 2 aliphatic rings. The van der Waals surface area contributed by atoms with E-state index in [1.807, 2.05) is 0 Å². The van der Waals surface area contributed by atoms with Gasteiger partial charge in [0.1, 0.15) is 0 Å². The van der Waals surface area contributed by atoms with Gasteiger partial charge >= 0.3 is 0 Å². The Morgan fingerprint density at radius 2 is 1.08 bits per heavy atom. The van der Waals surface area contributed by atoms with Gasteiger partial charge < -0.3 is 15.3 Å². The molecule has 4 heteroatoms. The van der Waals surface area contributed by atoms with Crippen molar-refractivity contribution >= 4 is 0 Å². The summed E-state index contributed by atoms with van der Waals surface area (Å²) >= 11 is 0. The van der Waals surface area contributed by atoms with E-state index in [-0.39, 0.29) is 26.2 Å². The van der Waals surface area contributed by atoms with Crippen molar-refractivity contribution in [1.29, 1.82) is 0 Å². The van der Waals surface area contributed by atoms with Crippen molar-refractivity contribution in [2.75, 3.05) is 0 Å². The van der Waals surface area contributed by atoms with Gasteiger partial charge in [-0.25, -0.2) is 11.6 Å². The smallest absolute Gasteiger partial charge is 0.0563 e. The zero-order chi connectivity index (χ0) is 20.3. The van der Waals surface area contributed by atoms with Crippen LogP contribution in [0.25, 0.3) is 0 Å².